The molecule has 0 aliphatic rings. The van der Waals surface area contributed by atoms with Gasteiger partial charge in [-0.05, 0) is 24.1 Å². The number of hydrogen-bond acceptors (Lipinski definition) is 1. The van der Waals surface area contributed by atoms with Gasteiger partial charge in [0.25, 0.3) is 0 Å². The molecule has 0 radical (unpaired) electrons. The summed E-state index contributed by atoms with van der Waals surface area (Å²) in [7, 11) is 0. The Bertz CT molecular complexity index is 342. The smallest absolute Gasteiger partial charge is 0.139 e. The standard InChI is InChI=1S/C12H15BrO/c1-8(2)12(14)7-10-5-4-6-11(13)9(10)3/h4-6,8H,7H2,1-3H3. The van der Waals surface area contributed by atoms with Crippen LogP contribution < -0.4 is 0 Å². The molecule has 0 aliphatic carbocycles. The minimum absolute atomic E-state index is 0.119. The van der Waals surface area contributed by atoms with Crippen LogP contribution in [0.15, 0.2) is 22.7 Å². The van der Waals surface area contributed by atoms with Gasteiger partial charge in [-0.15, -0.1) is 0 Å². The highest BCUT2D eigenvalue weighted by Gasteiger charge is 2.10. The van der Waals surface area contributed by atoms with Gasteiger partial charge < -0.3 is 0 Å². The van der Waals surface area contributed by atoms with Gasteiger partial charge in [-0.2, -0.15) is 0 Å². The Labute approximate surface area is 93.7 Å². The fourth-order valence-corrected chi connectivity index (χ4v) is 1.64. The Hall–Kier alpha value is -0.630. The van der Waals surface area contributed by atoms with Crippen LogP contribution in [0.3, 0.4) is 0 Å². The average molecular weight is 255 g/mol. The number of carbonyl (C=O) groups excluding carboxylic acids is 1. The van der Waals surface area contributed by atoms with E-state index in [0.29, 0.717) is 12.2 Å². The van der Waals surface area contributed by atoms with Crippen molar-refractivity contribution in [2.24, 2.45) is 5.92 Å². The van der Waals surface area contributed by atoms with E-state index in [0.717, 1.165) is 10.0 Å². The third-order valence-electron chi connectivity index (χ3n) is 2.39. The van der Waals surface area contributed by atoms with E-state index in [4.69, 9.17) is 0 Å². The molecule has 0 spiro atoms. The molecule has 0 amide bonds. The van der Waals surface area contributed by atoms with Crippen molar-refractivity contribution < 1.29 is 4.79 Å². The number of rotatable bonds is 3. The second kappa shape index (κ2) is 4.74. The molecule has 0 bridgehead atoms. The van der Waals surface area contributed by atoms with Crippen LogP contribution in [0.4, 0.5) is 0 Å². The number of halogens is 1. The minimum Gasteiger partial charge on any atom is -0.299 e. The Balaban J connectivity index is 2.87. The summed E-state index contributed by atoms with van der Waals surface area (Å²) in [5.74, 6) is 0.416. The Kier molecular flexibility index (Phi) is 3.87. The van der Waals surface area contributed by atoms with Crippen molar-refractivity contribution in [2.75, 3.05) is 0 Å². The molecular weight excluding hydrogens is 240 g/mol. The monoisotopic (exact) mass is 254 g/mol. The van der Waals surface area contributed by atoms with Crippen molar-refractivity contribution in [2.45, 2.75) is 27.2 Å². The summed E-state index contributed by atoms with van der Waals surface area (Å²) in [6, 6.07) is 5.99. The lowest BCUT2D eigenvalue weighted by Gasteiger charge is -2.08. The number of ketones is 1. The topological polar surface area (TPSA) is 17.1 Å². The van der Waals surface area contributed by atoms with Crippen LogP contribution in [0, 0.1) is 12.8 Å². The van der Waals surface area contributed by atoms with Crippen molar-refractivity contribution in [3.8, 4) is 0 Å². The summed E-state index contributed by atoms with van der Waals surface area (Å²) in [5.41, 5.74) is 2.29. The SMILES string of the molecule is Cc1c(Br)cccc1CC(=O)C(C)C. The van der Waals surface area contributed by atoms with E-state index in [1.165, 1.54) is 5.56 Å². The molecule has 1 aromatic carbocycles. The maximum atomic E-state index is 11.6. The third kappa shape index (κ3) is 2.68. The van der Waals surface area contributed by atoms with Crippen LogP contribution in [-0.2, 0) is 11.2 Å². The van der Waals surface area contributed by atoms with Gasteiger partial charge in [0.05, 0.1) is 0 Å². The number of hydrogen-bond donors (Lipinski definition) is 0. The fourth-order valence-electron chi connectivity index (χ4n) is 1.24. The van der Waals surface area contributed by atoms with Gasteiger partial charge in [0.15, 0.2) is 0 Å². The van der Waals surface area contributed by atoms with Crippen molar-refractivity contribution in [1.29, 1.82) is 0 Å². The molecule has 0 fully saturated rings. The second-order valence-corrected chi connectivity index (χ2v) is 4.68. The molecule has 0 saturated carbocycles. The van der Waals surface area contributed by atoms with Gasteiger partial charge in [-0.3, -0.25) is 4.79 Å². The first-order valence-electron chi connectivity index (χ1n) is 4.79. The normalized spacial score (nSPS) is 10.6. The van der Waals surface area contributed by atoms with Crippen LogP contribution in [0.1, 0.15) is 25.0 Å². The van der Waals surface area contributed by atoms with E-state index in [1.54, 1.807) is 0 Å². The van der Waals surface area contributed by atoms with E-state index in [-0.39, 0.29) is 5.92 Å². The molecule has 1 rings (SSSR count). The quantitative estimate of drug-likeness (QED) is 0.807. The molecule has 1 nitrogen and oxygen atoms in total. The zero-order valence-electron chi connectivity index (χ0n) is 8.80. The van der Waals surface area contributed by atoms with Gasteiger partial charge in [0.1, 0.15) is 5.78 Å². The van der Waals surface area contributed by atoms with E-state index in [2.05, 4.69) is 15.9 Å². The zero-order valence-corrected chi connectivity index (χ0v) is 10.4. The molecule has 76 valence electrons. The molecule has 0 unspecified atom stereocenters. The Morgan fingerprint density at radius 1 is 1.43 bits per heavy atom. The lowest BCUT2D eigenvalue weighted by Crippen LogP contribution is -2.11. The molecule has 0 atom stereocenters. The van der Waals surface area contributed by atoms with Crippen molar-refractivity contribution in [3.05, 3.63) is 33.8 Å². The molecule has 0 saturated heterocycles. The minimum atomic E-state index is 0.119. The van der Waals surface area contributed by atoms with Crippen molar-refractivity contribution >= 4 is 21.7 Å². The van der Waals surface area contributed by atoms with Crippen LogP contribution in [0.2, 0.25) is 0 Å². The first kappa shape index (κ1) is 11.4. The van der Waals surface area contributed by atoms with Gasteiger partial charge >= 0.3 is 0 Å². The van der Waals surface area contributed by atoms with Gasteiger partial charge in [-0.1, -0.05) is 41.9 Å². The van der Waals surface area contributed by atoms with Gasteiger partial charge in [0, 0.05) is 16.8 Å². The van der Waals surface area contributed by atoms with Crippen molar-refractivity contribution in [3.63, 3.8) is 0 Å². The summed E-state index contributed by atoms with van der Waals surface area (Å²) in [4.78, 5) is 11.6. The van der Waals surface area contributed by atoms with Crippen LogP contribution in [0.25, 0.3) is 0 Å². The second-order valence-electron chi connectivity index (χ2n) is 3.82. The van der Waals surface area contributed by atoms with Crippen LogP contribution in [-0.4, -0.2) is 5.78 Å². The average Bonchev–Trinajstić information content (AvgIpc) is 2.12. The fraction of sp³-hybridized carbons (Fsp3) is 0.417. The molecule has 0 aromatic heterocycles. The maximum absolute atomic E-state index is 11.6. The largest absolute Gasteiger partial charge is 0.299 e. The predicted molar refractivity (Wildman–Crippen MR) is 62.4 cm³/mol. The molecule has 14 heavy (non-hydrogen) atoms. The highest BCUT2D eigenvalue weighted by Crippen LogP contribution is 2.20. The first-order chi connectivity index (χ1) is 6.52. The van der Waals surface area contributed by atoms with E-state index < -0.39 is 0 Å². The maximum Gasteiger partial charge on any atom is 0.139 e. The highest BCUT2D eigenvalue weighted by molar-refractivity contribution is 9.10. The lowest BCUT2D eigenvalue weighted by molar-refractivity contribution is -0.121. The Morgan fingerprint density at radius 3 is 2.64 bits per heavy atom. The lowest BCUT2D eigenvalue weighted by atomic mass is 9.98. The molecule has 2 heteroatoms. The summed E-state index contributed by atoms with van der Waals surface area (Å²) >= 11 is 3.46. The van der Waals surface area contributed by atoms with Gasteiger partial charge in [0.2, 0.25) is 0 Å². The van der Waals surface area contributed by atoms with Crippen LogP contribution >= 0.6 is 15.9 Å². The number of Topliss-reactive ketones (excluding diaryl/α,β-unsaturated/α-hetero) is 1. The van der Waals surface area contributed by atoms with Crippen LogP contribution in [0.5, 0.6) is 0 Å². The summed E-state index contributed by atoms with van der Waals surface area (Å²) in [6.07, 6.45) is 0.545. The molecule has 1 aromatic rings. The number of carbonyl (C=O) groups is 1. The summed E-state index contributed by atoms with van der Waals surface area (Å²) < 4.78 is 1.08. The third-order valence-corrected chi connectivity index (χ3v) is 3.25. The predicted octanol–water partition coefficient (Wildman–Crippen LogP) is 3.53. The molecular formula is C12H15BrO. The zero-order chi connectivity index (χ0) is 10.7. The first-order valence-corrected chi connectivity index (χ1v) is 5.58. The van der Waals surface area contributed by atoms with E-state index in [1.807, 2.05) is 39.0 Å². The summed E-state index contributed by atoms with van der Waals surface area (Å²) in [6.45, 7) is 5.92. The highest BCUT2D eigenvalue weighted by atomic mass is 79.9. The van der Waals surface area contributed by atoms with Gasteiger partial charge in [-0.25, -0.2) is 0 Å². The molecule has 0 N–H and O–H groups in total. The number of benzene rings is 1. The van der Waals surface area contributed by atoms with E-state index in [9.17, 15) is 4.79 Å². The van der Waals surface area contributed by atoms with Crippen molar-refractivity contribution in [1.82, 2.24) is 0 Å². The summed E-state index contributed by atoms with van der Waals surface area (Å²) in [5, 5.41) is 0. The molecule has 0 aliphatic heterocycles. The molecule has 0 heterocycles. The van der Waals surface area contributed by atoms with E-state index >= 15 is 0 Å². The Morgan fingerprint density at radius 2 is 2.07 bits per heavy atom.